The second-order valence-corrected chi connectivity index (χ2v) is 4.93. The van der Waals surface area contributed by atoms with Crippen molar-refractivity contribution in [1.82, 2.24) is 4.98 Å². The highest BCUT2D eigenvalue weighted by Gasteiger charge is 2.07. The fourth-order valence-corrected chi connectivity index (χ4v) is 2.48. The lowest BCUT2D eigenvalue weighted by Crippen LogP contribution is -1.99. The van der Waals surface area contributed by atoms with E-state index >= 15 is 0 Å². The summed E-state index contributed by atoms with van der Waals surface area (Å²) in [6.45, 7) is 0. The van der Waals surface area contributed by atoms with Gasteiger partial charge in [-0.1, -0.05) is 6.07 Å². The molecule has 100 valence electrons. The van der Waals surface area contributed by atoms with E-state index in [2.05, 4.69) is 4.98 Å². The van der Waals surface area contributed by atoms with Crippen molar-refractivity contribution in [2.75, 3.05) is 0 Å². The van der Waals surface area contributed by atoms with Gasteiger partial charge in [0.25, 0.3) is 0 Å². The van der Waals surface area contributed by atoms with Crippen LogP contribution in [0.4, 0.5) is 4.39 Å². The van der Waals surface area contributed by atoms with E-state index in [0.717, 1.165) is 4.90 Å². The Morgan fingerprint density at radius 3 is 2.90 bits per heavy atom. The van der Waals surface area contributed by atoms with Gasteiger partial charge >= 0.3 is 5.97 Å². The number of hydrogen-bond acceptors (Lipinski definition) is 4. The van der Waals surface area contributed by atoms with Gasteiger partial charge in [0.1, 0.15) is 11.5 Å². The van der Waals surface area contributed by atoms with Crippen LogP contribution < -0.4 is 0 Å². The van der Waals surface area contributed by atoms with E-state index in [1.165, 1.54) is 36.2 Å². The van der Waals surface area contributed by atoms with Crippen molar-refractivity contribution >= 4 is 17.7 Å². The topological polar surface area (TPSA) is 74.0 Å². The zero-order chi connectivity index (χ0) is 14.5. The molecular weight excluding hydrogens is 279 g/mol. The van der Waals surface area contributed by atoms with Crippen LogP contribution in [-0.4, -0.2) is 16.1 Å². The van der Waals surface area contributed by atoms with Crippen LogP contribution in [0.1, 0.15) is 21.6 Å². The molecule has 6 heteroatoms. The van der Waals surface area contributed by atoms with E-state index in [-0.39, 0.29) is 11.3 Å². The third-order valence-corrected chi connectivity index (χ3v) is 3.58. The van der Waals surface area contributed by atoms with Crippen LogP contribution in [0, 0.1) is 17.1 Å². The number of thioether (sulfide) groups is 1. The molecule has 1 heterocycles. The van der Waals surface area contributed by atoms with Gasteiger partial charge in [-0.2, -0.15) is 5.26 Å². The van der Waals surface area contributed by atoms with E-state index in [9.17, 15) is 9.18 Å². The van der Waals surface area contributed by atoms with Gasteiger partial charge in [0.05, 0.1) is 11.6 Å². The Balaban J connectivity index is 2.15. The Bertz CT molecular complexity index is 698. The third kappa shape index (κ3) is 3.33. The van der Waals surface area contributed by atoms with Crippen molar-refractivity contribution in [1.29, 1.82) is 5.26 Å². The van der Waals surface area contributed by atoms with Gasteiger partial charge in [0, 0.05) is 16.8 Å². The van der Waals surface area contributed by atoms with Gasteiger partial charge in [-0.05, 0) is 29.8 Å². The van der Waals surface area contributed by atoms with Crippen LogP contribution in [0.3, 0.4) is 0 Å². The molecule has 1 N–H and O–H groups in total. The number of pyridine rings is 1. The molecule has 0 aliphatic carbocycles. The molecule has 0 radical (unpaired) electrons. The molecule has 20 heavy (non-hydrogen) atoms. The highest BCUT2D eigenvalue weighted by Crippen LogP contribution is 2.24. The minimum atomic E-state index is -1.09. The van der Waals surface area contributed by atoms with Gasteiger partial charge in [-0.15, -0.1) is 11.8 Å². The molecule has 0 spiro atoms. The summed E-state index contributed by atoms with van der Waals surface area (Å²) in [4.78, 5) is 15.3. The van der Waals surface area contributed by atoms with Crippen molar-refractivity contribution in [3.05, 3.63) is 59.2 Å². The van der Waals surface area contributed by atoms with Gasteiger partial charge in [0.15, 0.2) is 0 Å². The number of aromatic carboxylic acids is 1. The Morgan fingerprint density at radius 1 is 1.40 bits per heavy atom. The molecule has 0 atom stereocenters. The average molecular weight is 288 g/mol. The van der Waals surface area contributed by atoms with Gasteiger partial charge in [0.2, 0.25) is 0 Å². The molecule has 0 aliphatic rings. The smallest absolute Gasteiger partial charge is 0.354 e. The van der Waals surface area contributed by atoms with Crippen molar-refractivity contribution in [3.63, 3.8) is 0 Å². The molecule has 2 rings (SSSR count). The molecule has 0 amide bonds. The molecule has 1 aromatic carbocycles. The maximum absolute atomic E-state index is 13.0. The lowest BCUT2D eigenvalue weighted by atomic mass is 10.1. The highest BCUT2D eigenvalue weighted by atomic mass is 32.2. The van der Waals surface area contributed by atoms with Crippen LogP contribution in [0.5, 0.6) is 0 Å². The van der Waals surface area contributed by atoms with Gasteiger partial charge in [-0.3, -0.25) is 0 Å². The monoisotopic (exact) mass is 288 g/mol. The van der Waals surface area contributed by atoms with E-state index < -0.39 is 11.8 Å². The van der Waals surface area contributed by atoms with Gasteiger partial charge in [-0.25, -0.2) is 14.2 Å². The summed E-state index contributed by atoms with van der Waals surface area (Å²) in [7, 11) is 0. The SMILES string of the molecule is N#Cc1cc(F)ccc1CSc1ccnc(C(=O)O)c1. The lowest BCUT2D eigenvalue weighted by Gasteiger charge is -2.05. The Kier molecular flexibility index (Phi) is 4.33. The Morgan fingerprint density at radius 2 is 2.20 bits per heavy atom. The Hall–Kier alpha value is -2.39. The van der Waals surface area contributed by atoms with E-state index in [4.69, 9.17) is 10.4 Å². The van der Waals surface area contributed by atoms with E-state index in [0.29, 0.717) is 11.3 Å². The minimum absolute atomic E-state index is 0.0328. The quantitative estimate of drug-likeness (QED) is 0.875. The van der Waals surface area contributed by atoms with Crippen LogP contribution in [0.25, 0.3) is 0 Å². The number of hydrogen-bond donors (Lipinski definition) is 1. The maximum Gasteiger partial charge on any atom is 0.354 e. The zero-order valence-electron chi connectivity index (χ0n) is 10.2. The van der Waals surface area contributed by atoms with Crippen LogP contribution in [0.2, 0.25) is 0 Å². The van der Waals surface area contributed by atoms with Crippen LogP contribution in [-0.2, 0) is 5.75 Å². The van der Waals surface area contributed by atoms with Crippen molar-refractivity contribution in [2.45, 2.75) is 10.6 Å². The summed E-state index contributed by atoms with van der Waals surface area (Å²) in [5.41, 5.74) is 0.951. The second-order valence-electron chi connectivity index (χ2n) is 3.88. The predicted octanol–water partition coefficient (Wildman–Crippen LogP) is 3.08. The Labute approximate surface area is 118 Å². The number of carbonyl (C=O) groups is 1. The molecule has 2 aromatic rings. The number of halogens is 1. The molecule has 0 saturated heterocycles. The predicted molar refractivity (Wildman–Crippen MR) is 71.9 cm³/mol. The number of carboxylic acid groups (broad SMARTS) is 1. The number of aromatic nitrogens is 1. The zero-order valence-corrected chi connectivity index (χ0v) is 11.0. The van der Waals surface area contributed by atoms with Crippen LogP contribution >= 0.6 is 11.8 Å². The van der Waals surface area contributed by atoms with Crippen molar-refractivity contribution in [2.24, 2.45) is 0 Å². The molecule has 1 aromatic heterocycles. The first-order valence-corrected chi connectivity index (χ1v) is 6.59. The first kappa shape index (κ1) is 14.0. The normalized spacial score (nSPS) is 10.0. The molecule has 0 saturated carbocycles. The molecule has 4 nitrogen and oxygen atoms in total. The number of nitrogens with zero attached hydrogens (tertiary/aromatic N) is 2. The fourth-order valence-electron chi connectivity index (χ4n) is 1.56. The molecule has 0 bridgehead atoms. The van der Waals surface area contributed by atoms with E-state index in [1.54, 1.807) is 12.1 Å². The van der Waals surface area contributed by atoms with E-state index in [1.807, 2.05) is 6.07 Å². The summed E-state index contributed by atoms with van der Waals surface area (Å²) in [5.74, 6) is -1.09. The van der Waals surface area contributed by atoms with Gasteiger partial charge < -0.3 is 5.11 Å². The number of nitriles is 1. The second kappa shape index (κ2) is 6.17. The summed E-state index contributed by atoms with van der Waals surface area (Å²) < 4.78 is 13.0. The first-order chi connectivity index (χ1) is 9.60. The summed E-state index contributed by atoms with van der Waals surface area (Å²) in [6.07, 6.45) is 1.42. The van der Waals surface area contributed by atoms with Crippen LogP contribution in [0.15, 0.2) is 41.4 Å². The molecule has 0 aliphatic heterocycles. The lowest BCUT2D eigenvalue weighted by molar-refractivity contribution is 0.0690. The molecular formula is C14H9FN2O2S. The highest BCUT2D eigenvalue weighted by molar-refractivity contribution is 7.98. The van der Waals surface area contributed by atoms with Crippen molar-refractivity contribution < 1.29 is 14.3 Å². The number of benzene rings is 1. The minimum Gasteiger partial charge on any atom is -0.477 e. The summed E-state index contributed by atoms with van der Waals surface area (Å²) in [6, 6.07) is 9.13. The number of rotatable bonds is 4. The largest absolute Gasteiger partial charge is 0.477 e. The first-order valence-electron chi connectivity index (χ1n) is 5.61. The molecule has 0 fully saturated rings. The standard InChI is InChI=1S/C14H9FN2O2S/c15-11-2-1-9(10(5-11)7-16)8-20-12-3-4-17-13(6-12)14(18)19/h1-6H,8H2,(H,18,19). The van der Waals surface area contributed by atoms with Crippen molar-refractivity contribution in [3.8, 4) is 6.07 Å². The average Bonchev–Trinajstić information content (AvgIpc) is 2.46. The summed E-state index contributed by atoms with van der Waals surface area (Å²) in [5, 5.41) is 17.8. The molecule has 0 unspecified atom stereocenters. The number of carboxylic acids is 1. The summed E-state index contributed by atoms with van der Waals surface area (Å²) >= 11 is 1.36. The fraction of sp³-hybridized carbons (Fsp3) is 0.0714. The maximum atomic E-state index is 13.0. The third-order valence-electron chi connectivity index (χ3n) is 2.54.